The van der Waals surface area contributed by atoms with Crippen molar-refractivity contribution in [2.45, 2.75) is 45.6 Å². The van der Waals surface area contributed by atoms with E-state index in [1.165, 1.54) is 0 Å². The third kappa shape index (κ3) is 6.29. The van der Waals surface area contributed by atoms with Gasteiger partial charge >= 0.3 is 0 Å². The SMILES string of the molecule is CC(C)c1nc(CNC(=O)C2CCCN(C(=O)CCOc3ccccc3)C2)cs1. The minimum atomic E-state index is -0.161. The first kappa shape index (κ1) is 21.3. The van der Waals surface area contributed by atoms with E-state index in [2.05, 4.69) is 24.1 Å². The Hall–Kier alpha value is -2.41. The Morgan fingerprint density at radius 1 is 1.31 bits per heavy atom. The highest BCUT2D eigenvalue weighted by atomic mass is 32.1. The van der Waals surface area contributed by atoms with Crippen LogP contribution in [0.3, 0.4) is 0 Å². The Labute approximate surface area is 176 Å². The first-order valence-corrected chi connectivity index (χ1v) is 11.1. The topological polar surface area (TPSA) is 71.5 Å². The van der Waals surface area contributed by atoms with Gasteiger partial charge in [-0.25, -0.2) is 4.98 Å². The van der Waals surface area contributed by atoms with Crippen LogP contribution < -0.4 is 10.1 Å². The van der Waals surface area contributed by atoms with Crippen molar-refractivity contribution in [1.82, 2.24) is 15.2 Å². The molecule has 0 spiro atoms. The Kier molecular flexibility index (Phi) is 7.63. The van der Waals surface area contributed by atoms with Crippen LogP contribution in [0.1, 0.15) is 49.7 Å². The normalized spacial score (nSPS) is 16.7. The van der Waals surface area contributed by atoms with Gasteiger partial charge in [-0.2, -0.15) is 0 Å². The summed E-state index contributed by atoms with van der Waals surface area (Å²) in [7, 11) is 0. The van der Waals surface area contributed by atoms with Crippen molar-refractivity contribution < 1.29 is 14.3 Å². The van der Waals surface area contributed by atoms with E-state index in [0.717, 1.165) is 29.3 Å². The van der Waals surface area contributed by atoms with Gasteiger partial charge < -0.3 is 15.0 Å². The fourth-order valence-electron chi connectivity index (χ4n) is 3.34. The van der Waals surface area contributed by atoms with E-state index in [-0.39, 0.29) is 17.7 Å². The van der Waals surface area contributed by atoms with Gasteiger partial charge in [0.25, 0.3) is 0 Å². The standard InChI is InChI=1S/C22H29N3O3S/c1-16(2)22-24-18(15-29-22)13-23-21(27)17-7-6-11-25(14-17)20(26)10-12-28-19-8-4-3-5-9-19/h3-5,8-9,15-17H,6-7,10-14H2,1-2H3,(H,23,27). The van der Waals surface area contributed by atoms with Gasteiger partial charge in [0.1, 0.15) is 5.75 Å². The van der Waals surface area contributed by atoms with E-state index < -0.39 is 0 Å². The van der Waals surface area contributed by atoms with Gasteiger partial charge in [-0.3, -0.25) is 9.59 Å². The third-order valence-electron chi connectivity index (χ3n) is 4.98. The number of nitrogens with zero attached hydrogens (tertiary/aromatic N) is 2. The van der Waals surface area contributed by atoms with E-state index in [1.54, 1.807) is 16.2 Å². The molecule has 6 nitrogen and oxygen atoms in total. The van der Waals surface area contributed by atoms with Crippen LogP contribution in [0.4, 0.5) is 0 Å². The number of aromatic nitrogens is 1. The van der Waals surface area contributed by atoms with Gasteiger partial charge in [0, 0.05) is 24.4 Å². The maximum Gasteiger partial charge on any atom is 0.226 e. The van der Waals surface area contributed by atoms with Gasteiger partial charge in [-0.05, 0) is 25.0 Å². The number of likely N-dealkylation sites (tertiary alicyclic amines) is 1. The molecule has 0 aliphatic carbocycles. The summed E-state index contributed by atoms with van der Waals surface area (Å²) in [5, 5.41) is 6.07. The third-order valence-corrected chi connectivity index (χ3v) is 6.17. The molecule has 3 rings (SSSR count). The number of amides is 2. The van der Waals surface area contributed by atoms with Gasteiger partial charge in [0.05, 0.1) is 36.2 Å². The number of thiazole rings is 1. The molecule has 1 aromatic heterocycles. The van der Waals surface area contributed by atoms with Gasteiger partial charge in [0.15, 0.2) is 0 Å². The fraction of sp³-hybridized carbons (Fsp3) is 0.500. The number of nitrogens with one attached hydrogen (secondary N) is 1. The number of benzene rings is 1. The fourth-order valence-corrected chi connectivity index (χ4v) is 4.17. The maximum absolute atomic E-state index is 12.6. The molecule has 1 unspecified atom stereocenters. The molecule has 0 bridgehead atoms. The average Bonchev–Trinajstić information content (AvgIpc) is 3.22. The zero-order valence-corrected chi connectivity index (χ0v) is 17.9. The van der Waals surface area contributed by atoms with Crippen LogP contribution in [0.5, 0.6) is 5.75 Å². The number of piperidine rings is 1. The number of para-hydroxylation sites is 1. The molecular weight excluding hydrogens is 386 g/mol. The molecule has 1 aliphatic heterocycles. The lowest BCUT2D eigenvalue weighted by Gasteiger charge is -2.32. The smallest absolute Gasteiger partial charge is 0.226 e. The van der Waals surface area contributed by atoms with Crippen molar-refractivity contribution in [3.05, 3.63) is 46.4 Å². The second-order valence-corrected chi connectivity index (χ2v) is 8.53. The molecule has 2 amide bonds. The van der Waals surface area contributed by atoms with Crippen LogP contribution in [-0.4, -0.2) is 41.4 Å². The minimum Gasteiger partial charge on any atom is -0.493 e. The molecule has 29 heavy (non-hydrogen) atoms. The molecule has 7 heteroatoms. The van der Waals surface area contributed by atoms with Crippen LogP contribution in [0.25, 0.3) is 0 Å². The van der Waals surface area contributed by atoms with E-state index in [4.69, 9.17) is 4.74 Å². The largest absolute Gasteiger partial charge is 0.493 e. The molecule has 0 saturated carbocycles. The number of carbonyl (C=O) groups is 2. The van der Waals surface area contributed by atoms with Crippen molar-refractivity contribution >= 4 is 23.2 Å². The number of rotatable bonds is 8. The average molecular weight is 416 g/mol. The van der Waals surface area contributed by atoms with Crippen LogP contribution >= 0.6 is 11.3 Å². The van der Waals surface area contributed by atoms with Crippen LogP contribution in [-0.2, 0) is 16.1 Å². The van der Waals surface area contributed by atoms with Crippen LogP contribution in [0.2, 0.25) is 0 Å². The molecule has 156 valence electrons. The second kappa shape index (κ2) is 10.4. The summed E-state index contributed by atoms with van der Waals surface area (Å²) in [6, 6.07) is 9.48. The molecule has 0 radical (unpaired) electrons. The molecule has 1 N–H and O–H groups in total. The first-order valence-electron chi connectivity index (χ1n) is 10.2. The molecular formula is C22H29N3O3S. The minimum absolute atomic E-state index is 0.00197. The molecule has 2 heterocycles. The predicted octanol–water partition coefficient (Wildman–Crippen LogP) is 3.59. The summed E-state index contributed by atoms with van der Waals surface area (Å²) >= 11 is 1.63. The van der Waals surface area contributed by atoms with Gasteiger partial charge in [0.2, 0.25) is 11.8 Å². The summed E-state index contributed by atoms with van der Waals surface area (Å²) < 4.78 is 5.62. The highest BCUT2D eigenvalue weighted by molar-refractivity contribution is 7.09. The van der Waals surface area contributed by atoms with E-state index in [1.807, 2.05) is 35.7 Å². The lowest BCUT2D eigenvalue weighted by Crippen LogP contribution is -2.45. The van der Waals surface area contributed by atoms with Crippen LogP contribution in [0.15, 0.2) is 35.7 Å². The number of hydrogen-bond acceptors (Lipinski definition) is 5. The zero-order chi connectivity index (χ0) is 20.6. The summed E-state index contributed by atoms with van der Waals surface area (Å²) in [5.41, 5.74) is 0.897. The molecule has 1 atom stereocenters. The molecule has 1 aromatic carbocycles. The lowest BCUT2D eigenvalue weighted by molar-refractivity contribution is -0.136. The van der Waals surface area contributed by atoms with Crippen molar-refractivity contribution in [2.75, 3.05) is 19.7 Å². The van der Waals surface area contributed by atoms with Crippen molar-refractivity contribution in [3.63, 3.8) is 0 Å². The molecule has 1 aliphatic rings. The van der Waals surface area contributed by atoms with Crippen molar-refractivity contribution in [1.29, 1.82) is 0 Å². The van der Waals surface area contributed by atoms with Gasteiger partial charge in [-0.1, -0.05) is 32.0 Å². The Morgan fingerprint density at radius 3 is 2.83 bits per heavy atom. The van der Waals surface area contributed by atoms with E-state index in [9.17, 15) is 9.59 Å². The first-order chi connectivity index (χ1) is 14.0. The number of ether oxygens (including phenoxy) is 1. The van der Waals surface area contributed by atoms with E-state index >= 15 is 0 Å². The quantitative estimate of drug-likeness (QED) is 0.715. The number of hydrogen-bond donors (Lipinski definition) is 1. The Bertz CT molecular complexity index is 807. The maximum atomic E-state index is 12.6. The summed E-state index contributed by atoms with van der Waals surface area (Å²) in [6.07, 6.45) is 1.97. The Balaban J connectivity index is 1.42. The highest BCUT2D eigenvalue weighted by Gasteiger charge is 2.28. The summed E-state index contributed by atoms with van der Waals surface area (Å²) in [5.74, 6) is 1.04. The highest BCUT2D eigenvalue weighted by Crippen LogP contribution is 2.20. The number of carbonyl (C=O) groups excluding carboxylic acids is 2. The van der Waals surface area contributed by atoms with Crippen LogP contribution in [0, 0.1) is 5.92 Å². The molecule has 2 aromatic rings. The zero-order valence-electron chi connectivity index (χ0n) is 17.1. The molecule has 1 saturated heterocycles. The monoisotopic (exact) mass is 415 g/mol. The molecule has 1 fully saturated rings. The van der Waals surface area contributed by atoms with E-state index in [0.29, 0.717) is 38.6 Å². The Morgan fingerprint density at radius 2 is 2.10 bits per heavy atom. The second-order valence-electron chi connectivity index (χ2n) is 7.64. The van der Waals surface area contributed by atoms with Gasteiger partial charge in [-0.15, -0.1) is 11.3 Å². The summed E-state index contributed by atoms with van der Waals surface area (Å²) in [4.78, 5) is 31.4. The summed E-state index contributed by atoms with van der Waals surface area (Å²) in [6.45, 7) is 6.19. The lowest BCUT2D eigenvalue weighted by atomic mass is 9.97. The predicted molar refractivity (Wildman–Crippen MR) is 114 cm³/mol. The van der Waals surface area contributed by atoms with Crippen molar-refractivity contribution in [2.24, 2.45) is 5.92 Å². The van der Waals surface area contributed by atoms with Crippen molar-refractivity contribution in [3.8, 4) is 5.75 Å².